The summed E-state index contributed by atoms with van der Waals surface area (Å²) in [6.45, 7) is 1.89. The third kappa shape index (κ3) is 3.93. The zero-order valence-electron chi connectivity index (χ0n) is 8.53. The molecule has 1 aromatic rings. The number of hydrogen-bond acceptors (Lipinski definition) is 2. The highest BCUT2D eigenvalue weighted by Crippen LogP contribution is 2.30. The average Bonchev–Trinajstić information content (AvgIpc) is 2.15. The summed E-state index contributed by atoms with van der Waals surface area (Å²) < 4.78 is 22.7. The first-order valence-electron chi connectivity index (χ1n) is 4.64. The van der Waals surface area contributed by atoms with Crippen molar-refractivity contribution in [2.75, 3.05) is 0 Å². The fraction of sp³-hybridized carbons (Fsp3) is 0.333. The van der Waals surface area contributed by atoms with E-state index in [9.17, 15) is 8.42 Å². The van der Waals surface area contributed by atoms with Gasteiger partial charge in [0.2, 0.25) is 7.42 Å². The molecule has 7 heteroatoms. The minimum atomic E-state index is -3.71. The topological polar surface area (TPSA) is 34.1 Å². The van der Waals surface area contributed by atoms with E-state index in [0.717, 1.165) is 0 Å². The van der Waals surface area contributed by atoms with E-state index in [1.54, 1.807) is 18.2 Å². The summed E-state index contributed by atoms with van der Waals surface area (Å²) in [5, 5.41) is 0. The summed E-state index contributed by atoms with van der Waals surface area (Å²) in [5.41, 5.74) is 0.677. The average molecular weight is 318 g/mol. The van der Waals surface area contributed by atoms with Gasteiger partial charge in [-0.3, -0.25) is 0 Å². The molecule has 0 radical (unpaired) electrons. The Morgan fingerprint density at radius 1 is 1.31 bits per heavy atom. The molecular formula is C9H11Cl3O2SSi. The first-order chi connectivity index (χ1) is 7.32. The highest BCUT2D eigenvalue weighted by atomic mass is 35.7. The molecule has 0 aliphatic heterocycles. The molecule has 0 aromatic heterocycles. The maximum absolute atomic E-state index is 11.4. The van der Waals surface area contributed by atoms with Crippen LogP contribution < -0.4 is 0 Å². The molecular weight excluding hydrogens is 307 g/mol. The Hall–Kier alpha value is 0.257. The molecule has 0 fully saturated rings. The molecule has 90 valence electrons. The van der Waals surface area contributed by atoms with E-state index >= 15 is 0 Å². The number of rotatable bonds is 4. The zero-order valence-corrected chi connectivity index (χ0v) is 12.8. The van der Waals surface area contributed by atoms with Gasteiger partial charge in [-0.25, -0.2) is 8.42 Å². The van der Waals surface area contributed by atoms with Crippen LogP contribution >= 0.6 is 32.8 Å². The van der Waals surface area contributed by atoms with Crippen molar-refractivity contribution >= 4 is 49.3 Å². The summed E-state index contributed by atoms with van der Waals surface area (Å²) in [4.78, 5) is 0.146. The minimum absolute atomic E-state index is 0.00334. The summed E-state index contributed by atoms with van der Waals surface area (Å²) in [6, 6.07) is 7.27. The first kappa shape index (κ1) is 14.3. The Bertz CT molecular complexity index is 462. The van der Waals surface area contributed by atoms with Gasteiger partial charge in [-0.15, -0.1) is 0 Å². The molecule has 1 atom stereocenters. The Balaban J connectivity index is 3.14. The third-order valence-electron chi connectivity index (χ3n) is 2.24. The second-order valence-corrected chi connectivity index (χ2v) is 11.1. The molecule has 1 rings (SSSR count). The van der Waals surface area contributed by atoms with Crippen LogP contribution in [0.25, 0.3) is 0 Å². The normalized spacial score (nSPS) is 14.1. The van der Waals surface area contributed by atoms with Gasteiger partial charge in [0.1, 0.15) is 0 Å². The van der Waals surface area contributed by atoms with Crippen molar-refractivity contribution in [3.8, 4) is 0 Å². The van der Waals surface area contributed by atoms with Crippen LogP contribution in [-0.4, -0.2) is 15.8 Å². The van der Waals surface area contributed by atoms with Gasteiger partial charge < -0.3 is 0 Å². The van der Waals surface area contributed by atoms with Gasteiger partial charge in [0.15, 0.2) is 0 Å². The summed E-state index contributed by atoms with van der Waals surface area (Å²) >= 11 is 11.6. The van der Waals surface area contributed by atoms with E-state index in [4.69, 9.17) is 32.8 Å². The van der Waals surface area contributed by atoms with Gasteiger partial charge in [0.25, 0.3) is 9.05 Å². The fourth-order valence-corrected chi connectivity index (χ4v) is 5.11. The van der Waals surface area contributed by atoms with Gasteiger partial charge in [-0.05, 0) is 23.6 Å². The van der Waals surface area contributed by atoms with Gasteiger partial charge in [0, 0.05) is 10.7 Å². The lowest BCUT2D eigenvalue weighted by Crippen LogP contribution is -2.05. The second kappa shape index (κ2) is 5.73. The number of halogens is 3. The highest BCUT2D eigenvalue weighted by molar-refractivity contribution is 8.13. The molecule has 0 saturated heterocycles. The van der Waals surface area contributed by atoms with Gasteiger partial charge >= 0.3 is 0 Å². The zero-order chi connectivity index (χ0) is 12.3. The van der Waals surface area contributed by atoms with Crippen molar-refractivity contribution in [2.24, 2.45) is 0 Å². The predicted octanol–water partition coefficient (Wildman–Crippen LogP) is 3.42. The Morgan fingerprint density at radius 3 is 2.38 bits per heavy atom. The molecule has 0 saturated carbocycles. The van der Waals surface area contributed by atoms with Crippen LogP contribution in [0.2, 0.25) is 6.04 Å². The van der Waals surface area contributed by atoms with Crippen LogP contribution in [0.4, 0.5) is 0 Å². The van der Waals surface area contributed by atoms with E-state index in [-0.39, 0.29) is 10.8 Å². The predicted molar refractivity (Wildman–Crippen MR) is 71.6 cm³/mol. The first-order valence-corrected chi connectivity index (χ1v) is 11.3. The summed E-state index contributed by atoms with van der Waals surface area (Å²) in [5.74, 6) is -0.00334. The highest BCUT2D eigenvalue weighted by Gasteiger charge is 2.20. The standard InChI is InChI=1S/C9H11Cl3O2SSi/c1-7(6-16(11)12)8-4-2-3-5-9(8)15(10,13)14/h2-5,7,16H,6H2,1H3. The largest absolute Gasteiger partial charge is 0.261 e. The Labute approximate surface area is 111 Å². The second-order valence-electron chi connectivity index (χ2n) is 3.50. The van der Waals surface area contributed by atoms with Gasteiger partial charge in [0.05, 0.1) is 4.90 Å². The summed E-state index contributed by atoms with van der Waals surface area (Å²) in [6.07, 6.45) is 0. The molecule has 0 aliphatic carbocycles. The molecule has 0 aliphatic rings. The van der Waals surface area contributed by atoms with Crippen LogP contribution in [0.5, 0.6) is 0 Å². The van der Waals surface area contributed by atoms with Crippen LogP contribution in [0.3, 0.4) is 0 Å². The Kier molecular flexibility index (Phi) is 5.13. The van der Waals surface area contributed by atoms with Crippen molar-refractivity contribution in [3.05, 3.63) is 29.8 Å². The van der Waals surface area contributed by atoms with Gasteiger partial charge in [-0.2, -0.15) is 22.2 Å². The molecule has 16 heavy (non-hydrogen) atoms. The smallest absolute Gasteiger partial charge is 0.207 e. The maximum Gasteiger partial charge on any atom is 0.261 e. The molecule has 0 N–H and O–H groups in total. The van der Waals surface area contributed by atoms with Crippen molar-refractivity contribution in [2.45, 2.75) is 23.8 Å². The fourth-order valence-electron chi connectivity index (χ4n) is 1.50. The molecule has 1 aromatic carbocycles. The van der Waals surface area contributed by atoms with Crippen molar-refractivity contribution in [1.29, 1.82) is 0 Å². The van der Waals surface area contributed by atoms with Crippen molar-refractivity contribution in [3.63, 3.8) is 0 Å². The van der Waals surface area contributed by atoms with Crippen LogP contribution in [0, 0.1) is 0 Å². The van der Waals surface area contributed by atoms with Crippen LogP contribution in [-0.2, 0) is 9.05 Å². The van der Waals surface area contributed by atoms with E-state index in [0.29, 0.717) is 11.6 Å². The SMILES string of the molecule is CC(C[SiH](Cl)Cl)c1ccccc1S(=O)(=O)Cl. The van der Waals surface area contributed by atoms with Crippen LogP contribution in [0.15, 0.2) is 29.2 Å². The molecule has 0 bridgehead atoms. The van der Waals surface area contributed by atoms with E-state index in [2.05, 4.69) is 0 Å². The minimum Gasteiger partial charge on any atom is -0.207 e. The molecule has 0 spiro atoms. The lowest BCUT2D eigenvalue weighted by Gasteiger charge is -2.14. The lowest BCUT2D eigenvalue weighted by atomic mass is 10.0. The molecule has 0 amide bonds. The number of hydrogen-bond donors (Lipinski definition) is 0. The molecule has 2 nitrogen and oxygen atoms in total. The van der Waals surface area contributed by atoms with E-state index < -0.39 is 16.5 Å². The quantitative estimate of drug-likeness (QED) is 0.484. The van der Waals surface area contributed by atoms with Gasteiger partial charge in [-0.1, -0.05) is 25.1 Å². The van der Waals surface area contributed by atoms with E-state index in [1.807, 2.05) is 6.92 Å². The third-order valence-corrected chi connectivity index (χ3v) is 5.77. The molecule has 0 heterocycles. The van der Waals surface area contributed by atoms with E-state index in [1.165, 1.54) is 6.07 Å². The monoisotopic (exact) mass is 316 g/mol. The Morgan fingerprint density at radius 2 is 1.88 bits per heavy atom. The summed E-state index contributed by atoms with van der Waals surface area (Å²) in [7, 11) is -0.117. The maximum atomic E-state index is 11.4. The number of benzene rings is 1. The van der Waals surface area contributed by atoms with Crippen molar-refractivity contribution in [1.82, 2.24) is 0 Å². The van der Waals surface area contributed by atoms with Crippen LogP contribution in [0.1, 0.15) is 18.4 Å². The molecule has 1 unspecified atom stereocenters. The lowest BCUT2D eigenvalue weighted by molar-refractivity contribution is 0.607. The van der Waals surface area contributed by atoms with Crippen molar-refractivity contribution < 1.29 is 8.42 Å².